The molecule has 0 aromatic rings. The standard InChI is InChI=1S/C8H11ClO3/c1-5(9)4-7(6(2)10)8(11)12-3/h7H,1,4H2,2-3H3. The minimum absolute atomic E-state index is 0.142. The number of rotatable bonds is 4. The van der Waals surface area contributed by atoms with Crippen molar-refractivity contribution in [3.05, 3.63) is 11.6 Å². The van der Waals surface area contributed by atoms with E-state index in [-0.39, 0.29) is 17.2 Å². The lowest BCUT2D eigenvalue weighted by molar-refractivity contribution is -0.148. The number of carbonyl (C=O) groups excluding carboxylic acids is 2. The van der Waals surface area contributed by atoms with Crippen molar-refractivity contribution in [2.24, 2.45) is 5.92 Å². The number of hydrogen-bond donors (Lipinski definition) is 0. The number of Topliss-reactive ketones (excluding diaryl/α,β-unsaturated/α-hetero) is 1. The molecule has 0 aromatic carbocycles. The highest BCUT2D eigenvalue weighted by Crippen LogP contribution is 2.15. The average Bonchev–Trinajstić information content (AvgIpc) is 1.98. The van der Waals surface area contributed by atoms with Gasteiger partial charge in [-0.1, -0.05) is 18.2 Å². The first-order valence-electron chi connectivity index (χ1n) is 3.40. The van der Waals surface area contributed by atoms with E-state index >= 15 is 0 Å². The lowest BCUT2D eigenvalue weighted by atomic mass is 10.0. The molecule has 0 N–H and O–H groups in total. The molecule has 1 atom stereocenters. The van der Waals surface area contributed by atoms with Crippen LogP contribution < -0.4 is 0 Å². The van der Waals surface area contributed by atoms with Crippen molar-refractivity contribution in [1.29, 1.82) is 0 Å². The first kappa shape index (κ1) is 11.2. The maximum atomic E-state index is 10.9. The Balaban J connectivity index is 4.33. The fourth-order valence-corrected chi connectivity index (χ4v) is 0.911. The zero-order valence-electron chi connectivity index (χ0n) is 7.09. The number of halogens is 1. The predicted octanol–water partition coefficient (Wildman–Crippen LogP) is 1.51. The van der Waals surface area contributed by atoms with Gasteiger partial charge in [0.25, 0.3) is 0 Å². The molecular weight excluding hydrogens is 180 g/mol. The molecule has 0 amide bonds. The highest BCUT2D eigenvalue weighted by atomic mass is 35.5. The number of esters is 1. The quantitative estimate of drug-likeness (QED) is 0.499. The van der Waals surface area contributed by atoms with Gasteiger partial charge in [-0.2, -0.15) is 0 Å². The zero-order valence-corrected chi connectivity index (χ0v) is 7.85. The number of ketones is 1. The summed E-state index contributed by atoms with van der Waals surface area (Å²) in [6.45, 7) is 4.72. The lowest BCUT2D eigenvalue weighted by Crippen LogP contribution is -2.23. The van der Waals surface area contributed by atoms with Crippen LogP contribution in [-0.4, -0.2) is 18.9 Å². The summed E-state index contributed by atoms with van der Waals surface area (Å²) < 4.78 is 4.42. The van der Waals surface area contributed by atoms with Crippen LogP contribution in [0.15, 0.2) is 11.6 Å². The van der Waals surface area contributed by atoms with Gasteiger partial charge in [0.2, 0.25) is 0 Å². The zero-order chi connectivity index (χ0) is 9.72. The molecule has 0 rings (SSSR count). The summed E-state index contributed by atoms with van der Waals surface area (Å²) >= 11 is 5.46. The first-order chi connectivity index (χ1) is 5.49. The van der Waals surface area contributed by atoms with Crippen molar-refractivity contribution < 1.29 is 14.3 Å². The molecule has 0 saturated heterocycles. The molecular formula is C8H11ClO3. The van der Waals surface area contributed by atoms with E-state index in [2.05, 4.69) is 11.3 Å². The number of allylic oxidation sites excluding steroid dienone is 1. The van der Waals surface area contributed by atoms with Crippen LogP contribution in [0.4, 0.5) is 0 Å². The summed E-state index contributed by atoms with van der Waals surface area (Å²) in [7, 11) is 1.23. The Kier molecular flexibility index (Phi) is 4.59. The summed E-state index contributed by atoms with van der Waals surface area (Å²) in [5.41, 5.74) is 0. The van der Waals surface area contributed by atoms with E-state index in [0.29, 0.717) is 0 Å². The van der Waals surface area contributed by atoms with E-state index in [4.69, 9.17) is 11.6 Å². The van der Waals surface area contributed by atoms with Crippen LogP contribution in [0.2, 0.25) is 0 Å². The molecule has 12 heavy (non-hydrogen) atoms. The second-order valence-electron chi connectivity index (χ2n) is 2.41. The predicted molar refractivity (Wildman–Crippen MR) is 45.8 cm³/mol. The van der Waals surface area contributed by atoms with Gasteiger partial charge in [-0.25, -0.2) is 0 Å². The normalized spacial score (nSPS) is 11.9. The van der Waals surface area contributed by atoms with Crippen LogP contribution in [0.1, 0.15) is 13.3 Å². The molecule has 3 nitrogen and oxygen atoms in total. The third kappa shape index (κ3) is 3.53. The van der Waals surface area contributed by atoms with Gasteiger partial charge in [0.1, 0.15) is 11.7 Å². The van der Waals surface area contributed by atoms with Gasteiger partial charge in [-0.3, -0.25) is 9.59 Å². The molecule has 0 saturated carbocycles. The van der Waals surface area contributed by atoms with Crippen molar-refractivity contribution in [3.63, 3.8) is 0 Å². The van der Waals surface area contributed by atoms with Gasteiger partial charge in [0.05, 0.1) is 7.11 Å². The number of methoxy groups -OCH3 is 1. The first-order valence-corrected chi connectivity index (χ1v) is 3.78. The fraction of sp³-hybridized carbons (Fsp3) is 0.500. The topological polar surface area (TPSA) is 43.4 Å². The monoisotopic (exact) mass is 190 g/mol. The van der Waals surface area contributed by atoms with Crippen molar-refractivity contribution in [1.82, 2.24) is 0 Å². The highest BCUT2D eigenvalue weighted by molar-refractivity contribution is 6.29. The van der Waals surface area contributed by atoms with Gasteiger partial charge >= 0.3 is 5.97 Å². The van der Waals surface area contributed by atoms with Crippen molar-refractivity contribution in [2.45, 2.75) is 13.3 Å². The van der Waals surface area contributed by atoms with Crippen LogP contribution in [-0.2, 0) is 14.3 Å². The van der Waals surface area contributed by atoms with E-state index in [9.17, 15) is 9.59 Å². The fourth-order valence-electron chi connectivity index (χ4n) is 0.757. The smallest absolute Gasteiger partial charge is 0.316 e. The maximum absolute atomic E-state index is 10.9. The van der Waals surface area contributed by atoms with Crippen LogP contribution in [0.25, 0.3) is 0 Å². The molecule has 1 unspecified atom stereocenters. The molecule has 4 heteroatoms. The Labute approximate surface area is 76.3 Å². The van der Waals surface area contributed by atoms with Crippen LogP contribution in [0, 0.1) is 5.92 Å². The van der Waals surface area contributed by atoms with Crippen LogP contribution >= 0.6 is 11.6 Å². The number of carbonyl (C=O) groups is 2. The molecule has 0 radical (unpaired) electrons. The molecule has 0 fully saturated rings. The van der Waals surface area contributed by atoms with Gasteiger partial charge in [-0.15, -0.1) is 0 Å². The van der Waals surface area contributed by atoms with Gasteiger partial charge in [0, 0.05) is 11.5 Å². The third-order valence-corrected chi connectivity index (χ3v) is 1.56. The highest BCUT2D eigenvalue weighted by Gasteiger charge is 2.24. The van der Waals surface area contributed by atoms with E-state index in [1.165, 1.54) is 14.0 Å². The van der Waals surface area contributed by atoms with Gasteiger partial charge in [0.15, 0.2) is 0 Å². The average molecular weight is 191 g/mol. The Hall–Kier alpha value is -0.830. The summed E-state index contributed by atoms with van der Waals surface area (Å²) in [6.07, 6.45) is 0.142. The number of hydrogen-bond acceptors (Lipinski definition) is 3. The summed E-state index contributed by atoms with van der Waals surface area (Å²) in [4.78, 5) is 21.8. The minimum atomic E-state index is -0.806. The molecule has 0 bridgehead atoms. The second-order valence-corrected chi connectivity index (χ2v) is 2.94. The Morgan fingerprint density at radius 3 is 2.33 bits per heavy atom. The molecule has 0 heterocycles. The molecule has 0 aliphatic heterocycles. The van der Waals surface area contributed by atoms with Gasteiger partial charge < -0.3 is 4.74 Å². The molecule has 0 spiro atoms. The summed E-state index contributed by atoms with van der Waals surface area (Å²) in [5, 5.41) is 0.278. The molecule has 68 valence electrons. The van der Waals surface area contributed by atoms with Gasteiger partial charge in [-0.05, 0) is 6.92 Å². The summed E-state index contributed by atoms with van der Waals surface area (Å²) in [5.74, 6) is -1.63. The molecule has 0 aliphatic carbocycles. The van der Waals surface area contributed by atoms with Crippen LogP contribution in [0.5, 0.6) is 0 Å². The third-order valence-electron chi connectivity index (χ3n) is 1.40. The van der Waals surface area contributed by atoms with Crippen molar-refractivity contribution in [2.75, 3.05) is 7.11 Å². The largest absolute Gasteiger partial charge is 0.468 e. The number of ether oxygens (including phenoxy) is 1. The Morgan fingerprint density at radius 1 is 1.58 bits per heavy atom. The van der Waals surface area contributed by atoms with Crippen LogP contribution in [0.3, 0.4) is 0 Å². The van der Waals surface area contributed by atoms with E-state index in [1.54, 1.807) is 0 Å². The van der Waals surface area contributed by atoms with Crippen molar-refractivity contribution >= 4 is 23.4 Å². The van der Waals surface area contributed by atoms with Crippen molar-refractivity contribution in [3.8, 4) is 0 Å². The summed E-state index contributed by atoms with van der Waals surface area (Å²) in [6, 6.07) is 0. The minimum Gasteiger partial charge on any atom is -0.468 e. The van der Waals surface area contributed by atoms with E-state index in [1.807, 2.05) is 0 Å². The van der Waals surface area contributed by atoms with E-state index < -0.39 is 11.9 Å². The molecule has 0 aliphatic rings. The Morgan fingerprint density at radius 2 is 2.08 bits per heavy atom. The SMILES string of the molecule is C=C(Cl)CC(C(C)=O)C(=O)OC. The molecule has 0 aromatic heterocycles. The Bertz CT molecular complexity index is 210. The second kappa shape index (κ2) is 4.93. The lowest BCUT2D eigenvalue weighted by Gasteiger charge is -2.09. The maximum Gasteiger partial charge on any atom is 0.316 e. The van der Waals surface area contributed by atoms with E-state index in [0.717, 1.165) is 0 Å².